The van der Waals surface area contributed by atoms with Gasteiger partial charge in [-0.2, -0.15) is 0 Å². The van der Waals surface area contributed by atoms with E-state index in [1.165, 1.54) is 23.1 Å². The average molecular weight is 465 g/mol. The van der Waals surface area contributed by atoms with E-state index < -0.39 is 0 Å². The summed E-state index contributed by atoms with van der Waals surface area (Å²) < 4.78 is 7.16. The summed E-state index contributed by atoms with van der Waals surface area (Å²) in [5.74, 6) is 0.918. The minimum Gasteiger partial charge on any atom is -0.492 e. The van der Waals surface area contributed by atoms with Crippen molar-refractivity contribution >= 4 is 61.4 Å². The van der Waals surface area contributed by atoms with Gasteiger partial charge in [-0.1, -0.05) is 47.4 Å². The molecule has 0 fully saturated rings. The van der Waals surface area contributed by atoms with E-state index in [2.05, 4.69) is 36.8 Å². The van der Waals surface area contributed by atoms with Crippen molar-refractivity contribution in [2.24, 2.45) is 0 Å². The number of carbonyl (C=O) groups is 1. The summed E-state index contributed by atoms with van der Waals surface area (Å²) in [7, 11) is 0. The highest BCUT2D eigenvalue weighted by molar-refractivity contribution is 9.10. The lowest BCUT2D eigenvalue weighted by Gasteiger charge is -2.09. The second-order valence-electron chi connectivity index (χ2n) is 5.24. The zero-order valence-corrected chi connectivity index (χ0v) is 17.7. The maximum absolute atomic E-state index is 12.1. The first kappa shape index (κ1) is 19.7. The maximum Gasteiger partial charge on any atom is 0.234 e. The monoisotopic (exact) mass is 464 g/mol. The first-order chi connectivity index (χ1) is 13.2. The molecule has 1 amide bonds. The minimum atomic E-state index is -0.0988. The molecule has 9 heteroatoms. The van der Waals surface area contributed by atoms with E-state index >= 15 is 0 Å². The van der Waals surface area contributed by atoms with Crippen LogP contribution < -0.4 is 15.4 Å². The van der Waals surface area contributed by atoms with E-state index in [1.54, 1.807) is 0 Å². The van der Waals surface area contributed by atoms with E-state index in [1.807, 2.05) is 55.5 Å². The second-order valence-corrected chi connectivity index (χ2v) is 8.30. The predicted molar refractivity (Wildman–Crippen MR) is 114 cm³/mol. The first-order valence-electron chi connectivity index (χ1n) is 8.15. The number of aromatic nitrogens is 2. The van der Waals surface area contributed by atoms with Crippen molar-refractivity contribution in [2.75, 3.05) is 23.0 Å². The number of para-hydroxylation sites is 3. The van der Waals surface area contributed by atoms with Gasteiger partial charge in [0.15, 0.2) is 4.34 Å². The van der Waals surface area contributed by atoms with E-state index in [0.29, 0.717) is 16.1 Å². The SMILES string of the molecule is CCOc1ccccc1Nc1nnc(SCC(=O)Nc2ccccc2Br)s1. The van der Waals surface area contributed by atoms with Gasteiger partial charge in [0.2, 0.25) is 11.0 Å². The summed E-state index contributed by atoms with van der Waals surface area (Å²) in [6, 6.07) is 15.2. The molecule has 0 saturated heterocycles. The Kier molecular flexibility index (Phi) is 7.08. The van der Waals surface area contributed by atoms with Crippen LogP contribution in [0.5, 0.6) is 5.75 Å². The number of carbonyl (C=O) groups excluding carboxylic acids is 1. The first-order valence-corrected chi connectivity index (χ1v) is 10.7. The van der Waals surface area contributed by atoms with E-state index in [-0.39, 0.29) is 11.7 Å². The molecule has 0 spiro atoms. The van der Waals surface area contributed by atoms with Crippen LogP contribution >= 0.6 is 39.0 Å². The molecule has 6 nitrogen and oxygen atoms in total. The Bertz CT molecular complexity index is 920. The fourth-order valence-electron chi connectivity index (χ4n) is 2.16. The maximum atomic E-state index is 12.1. The normalized spacial score (nSPS) is 10.4. The molecule has 1 heterocycles. The zero-order chi connectivity index (χ0) is 19.1. The topological polar surface area (TPSA) is 76.1 Å². The fourth-order valence-corrected chi connectivity index (χ4v) is 4.11. The van der Waals surface area contributed by atoms with Crippen molar-refractivity contribution < 1.29 is 9.53 Å². The smallest absolute Gasteiger partial charge is 0.234 e. The number of amides is 1. The van der Waals surface area contributed by atoms with Gasteiger partial charge >= 0.3 is 0 Å². The molecular weight excluding hydrogens is 448 g/mol. The van der Waals surface area contributed by atoms with Gasteiger partial charge in [-0.15, -0.1) is 10.2 Å². The quantitative estimate of drug-likeness (QED) is 0.447. The zero-order valence-electron chi connectivity index (χ0n) is 14.4. The highest BCUT2D eigenvalue weighted by atomic mass is 79.9. The Balaban J connectivity index is 1.55. The summed E-state index contributed by atoms with van der Waals surface area (Å²) in [6.45, 7) is 2.53. The third-order valence-electron chi connectivity index (χ3n) is 3.31. The van der Waals surface area contributed by atoms with Crippen molar-refractivity contribution in [3.05, 3.63) is 53.0 Å². The van der Waals surface area contributed by atoms with Crippen LogP contribution in [0.1, 0.15) is 6.92 Å². The molecule has 0 radical (unpaired) electrons. The molecular formula is C18H17BrN4O2S2. The van der Waals surface area contributed by atoms with Crippen molar-refractivity contribution in [3.8, 4) is 5.75 Å². The molecule has 2 N–H and O–H groups in total. The third kappa shape index (κ3) is 5.69. The molecule has 0 unspecified atom stereocenters. The molecule has 0 aliphatic carbocycles. The number of nitrogens with one attached hydrogen (secondary N) is 2. The number of thioether (sulfide) groups is 1. The van der Waals surface area contributed by atoms with Crippen LogP contribution in [0.3, 0.4) is 0 Å². The molecule has 0 aliphatic heterocycles. The fraction of sp³-hybridized carbons (Fsp3) is 0.167. The molecule has 27 heavy (non-hydrogen) atoms. The van der Waals surface area contributed by atoms with Crippen LogP contribution in [0, 0.1) is 0 Å². The number of hydrogen-bond acceptors (Lipinski definition) is 7. The number of benzene rings is 2. The van der Waals surface area contributed by atoms with E-state index in [0.717, 1.165) is 21.6 Å². The van der Waals surface area contributed by atoms with Crippen molar-refractivity contribution in [1.82, 2.24) is 10.2 Å². The largest absolute Gasteiger partial charge is 0.492 e. The van der Waals surface area contributed by atoms with Gasteiger partial charge in [0.05, 0.1) is 23.7 Å². The Morgan fingerprint density at radius 2 is 1.89 bits per heavy atom. The predicted octanol–water partition coefficient (Wildman–Crippen LogP) is 5.17. The molecule has 0 aliphatic rings. The summed E-state index contributed by atoms with van der Waals surface area (Å²) in [4.78, 5) is 12.1. The Morgan fingerprint density at radius 3 is 2.67 bits per heavy atom. The highest BCUT2D eigenvalue weighted by Gasteiger charge is 2.11. The molecule has 0 bridgehead atoms. The minimum absolute atomic E-state index is 0.0988. The second kappa shape index (κ2) is 9.72. The summed E-state index contributed by atoms with van der Waals surface area (Å²) in [5, 5.41) is 15.0. The molecule has 3 rings (SSSR count). The van der Waals surface area contributed by atoms with Crippen LogP contribution in [0.25, 0.3) is 0 Å². The molecule has 140 valence electrons. The molecule has 2 aromatic carbocycles. The van der Waals surface area contributed by atoms with Gasteiger partial charge in [-0.3, -0.25) is 4.79 Å². The van der Waals surface area contributed by atoms with Crippen LogP contribution in [0.2, 0.25) is 0 Å². The van der Waals surface area contributed by atoms with E-state index in [4.69, 9.17) is 4.74 Å². The number of anilines is 3. The van der Waals surface area contributed by atoms with Crippen LogP contribution in [0.4, 0.5) is 16.5 Å². The number of halogens is 1. The number of hydrogen-bond donors (Lipinski definition) is 2. The summed E-state index contributed by atoms with van der Waals surface area (Å²) in [5.41, 5.74) is 1.58. The van der Waals surface area contributed by atoms with Crippen molar-refractivity contribution in [2.45, 2.75) is 11.3 Å². The third-order valence-corrected chi connectivity index (χ3v) is 5.97. The average Bonchev–Trinajstić information content (AvgIpc) is 3.11. The number of rotatable bonds is 8. The molecule has 0 saturated carbocycles. The lowest BCUT2D eigenvalue weighted by molar-refractivity contribution is -0.113. The van der Waals surface area contributed by atoms with Gasteiger partial charge < -0.3 is 15.4 Å². The Labute approximate surface area is 173 Å². The van der Waals surface area contributed by atoms with Crippen molar-refractivity contribution in [3.63, 3.8) is 0 Å². The van der Waals surface area contributed by atoms with Crippen LogP contribution in [-0.2, 0) is 4.79 Å². The number of nitrogens with zero attached hydrogens (tertiary/aromatic N) is 2. The van der Waals surface area contributed by atoms with Crippen molar-refractivity contribution in [1.29, 1.82) is 0 Å². The molecule has 3 aromatic rings. The Morgan fingerprint density at radius 1 is 1.15 bits per heavy atom. The summed E-state index contributed by atoms with van der Waals surface area (Å²) >= 11 is 6.15. The van der Waals surface area contributed by atoms with Crippen LogP contribution in [0.15, 0.2) is 57.3 Å². The van der Waals surface area contributed by atoms with Gasteiger partial charge in [0, 0.05) is 4.47 Å². The molecule has 1 aromatic heterocycles. The van der Waals surface area contributed by atoms with Gasteiger partial charge in [-0.05, 0) is 47.1 Å². The standard InChI is InChI=1S/C18H17BrN4O2S2/c1-2-25-15-10-6-5-9-14(15)21-17-22-23-18(27-17)26-11-16(24)20-13-8-4-3-7-12(13)19/h3-10H,2,11H2,1H3,(H,20,24)(H,21,22). The number of ether oxygens (including phenoxy) is 1. The molecule has 0 atom stereocenters. The van der Waals surface area contributed by atoms with Gasteiger partial charge in [-0.25, -0.2) is 0 Å². The summed E-state index contributed by atoms with van der Waals surface area (Å²) in [6.07, 6.45) is 0. The Hall–Kier alpha value is -2.10. The lowest BCUT2D eigenvalue weighted by atomic mass is 10.3. The van der Waals surface area contributed by atoms with E-state index in [9.17, 15) is 4.79 Å². The van der Waals surface area contributed by atoms with Gasteiger partial charge in [0.25, 0.3) is 0 Å². The van der Waals surface area contributed by atoms with Gasteiger partial charge in [0.1, 0.15) is 5.75 Å². The van der Waals surface area contributed by atoms with Crippen LogP contribution in [-0.4, -0.2) is 28.5 Å². The highest BCUT2D eigenvalue weighted by Crippen LogP contribution is 2.31. The lowest BCUT2D eigenvalue weighted by Crippen LogP contribution is -2.14.